The molecule has 4 heterocycles. The lowest BCUT2D eigenvalue weighted by molar-refractivity contribution is 0.186. The Balaban J connectivity index is 2.08. The molecule has 100 valence electrons. The van der Waals surface area contributed by atoms with Crippen molar-refractivity contribution in [3.63, 3.8) is 0 Å². The molecule has 0 amide bonds. The van der Waals surface area contributed by atoms with Gasteiger partial charge in [0.2, 0.25) is 5.95 Å². The average Bonchev–Trinajstić information content (AvgIpc) is 2.99. The highest BCUT2D eigenvalue weighted by Gasteiger charge is 2.28. The minimum atomic E-state index is -0.0480. The molecule has 1 unspecified atom stereocenters. The molecule has 2 aliphatic heterocycles. The molecule has 1 fully saturated rings. The van der Waals surface area contributed by atoms with E-state index < -0.39 is 0 Å². The number of aromatic nitrogens is 4. The van der Waals surface area contributed by atoms with Gasteiger partial charge in [-0.2, -0.15) is 9.97 Å². The summed E-state index contributed by atoms with van der Waals surface area (Å²) < 4.78 is 8.80. The van der Waals surface area contributed by atoms with Gasteiger partial charge in [0.1, 0.15) is 5.52 Å². The lowest BCUT2D eigenvalue weighted by Crippen LogP contribution is -2.30. The Labute approximate surface area is 108 Å². The van der Waals surface area contributed by atoms with Crippen molar-refractivity contribution >= 4 is 22.9 Å². The molecule has 2 aromatic heterocycles. The van der Waals surface area contributed by atoms with Crippen molar-refractivity contribution < 1.29 is 4.74 Å². The maximum Gasteiger partial charge on any atom is 0.330 e. The van der Waals surface area contributed by atoms with Gasteiger partial charge in [0, 0.05) is 19.7 Å². The highest BCUT2D eigenvalue weighted by Crippen LogP contribution is 2.27. The molecule has 0 aliphatic carbocycles. The van der Waals surface area contributed by atoms with Gasteiger partial charge < -0.3 is 15.8 Å². The van der Waals surface area contributed by atoms with Crippen LogP contribution in [-0.4, -0.2) is 38.9 Å². The number of nitrogen functional groups attached to an aromatic ring is 1. The summed E-state index contributed by atoms with van der Waals surface area (Å²) in [6, 6.07) is 0.0384. The number of nitrogens with zero attached hydrogens (tertiary/aromatic N) is 4. The number of ether oxygens (including phenoxy) is 1. The predicted octanol–water partition coefficient (Wildman–Crippen LogP) is -0.438. The maximum atomic E-state index is 12.5. The summed E-state index contributed by atoms with van der Waals surface area (Å²) in [6.07, 6.45) is 0.825. The fourth-order valence-electron chi connectivity index (χ4n) is 2.86. The van der Waals surface area contributed by atoms with Crippen LogP contribution in [-0.2, 0) is 11.3 Å². The number of anilines is 2. The predicted molar refractivity (Wildman–Crippen MR) is 69.2 cm³/mol. The summed E-state index contributed by atoms with van der Waals surface area (Å²) in [6.45, 7) is 2.51. The fraction of sp³-hybridized carbons (Fsp3) is 0.545. The van der Waals surface area contributed by atoms with E-state index in [2.05, 4.69) is 15.3 Å². The molecule has 2 aliphatic rings. The largest absolute Gasteiger partial charge is 0.379 e. The quantitative estimate of drug-likeness (QED) is 0.723. The van der Waals surface area contributed by atoms with Crippen molar-refractivity contribution in [2.75, 3.05) is 30.8 Å². The third kappa shape index (κ3) is 1.40. The molecule has 0 radical (unpaired) electrons. The second-order valence-corrected chi connectivity index (χ2v) is 4.85. The molecule has 0 bridgehead atoms. The van der Waals surface area contributed by atoms with Gasteiger partial charge >= 0.3 is 5.69 Å². The van der Waals surface area contributed by atoms with Crippen molar-refractivity contribution in [3.8, 4) is 0 Å². The smallest absolute Gasteiger partial charge is 0.330 e. The van der Waals surface area contributed by atoms with Crippen molar-refractivity contribution in [1.29, 1.82) is 0 Å². The fourth-order valence-corrected chi connectivity index (χ4v) is 2.86. The van der Waals surface area contributed by atoms with E-state index in [1.54, 1.807) is 9.13 Å². The summed E-state index contributed by atoms with van der Waals surface area (Å²) in [4.78, 5) is 21.0. The van der Waals surface area contributed by atoms with Gasteiger partial charge in [-0.25, -0.2) is 4.79 Å². The second kappa shape index (κ2) is 3.70. The molecule has 8 nitrogen and oxygen atoms in total. The van der Waals surface area contributed by atoms with Crippen molar-refractivity contribution in [2.45, 2.75) is 19.0 Å². The Morgan fingerprint density at radius 3 is 3.11 bits per heavy atom. The molecule has 1 atom stereocenters. The number of hydrogen-bond acceptors (Lipinski definition) is 6. The topological polar surface area (TPSA) is 100.0 Å². The minimum Gasteiger partial charge on any atom is -0.379 e. The monoisotopic (exact) mass is 262 g/mol. The molecule has 8 heteroatoms. The highest BCUT2D eigenvalue weighted by atomic mass is 16.5. The first kappa shape index (κ1) is 10.8. The van der Waals surface area contributed by atoms with Gasteiger partial charge in [0.15, 0.2) is 11.5 Å². The third-order valence-corrected chi connectivity index (χ3v) is 3.72. The van der Waals surface area contributed by atoms with E-state index in [1.807, 2.05) is 0 Å². The molecular weight excluding hydrogens is 248 g/mol. The van der Waals surface area contributed by atoms with Gasteiger partial charge in [-0.1, -0.05) is 0 Å². The van der Waals surface area contributed by atoms with Crippen LogP contribution in [0.25, 0.3) is 11.2 Å². The van der Waals surface area contributed by atoms with E-state index in [0.717, 1.165) is 11.9 Å². The van der Waals surface area contributed by atoms with Crippen molar-refractivity contribution in [1.82, 2.24) is 19.1 Å². The van der Waals surface area contributed by atoms with Crippen LogP contribution in [0.2, 0.25) is 0 Å². The van der Waals surface area contributed by atoms with Crippen molar-refractivity contribution in [2.24, 2.45) is 0 Å². The van der Waals surface area contributed by atoms with Crippen LogP contribution in [0.5, 0.6) is 0 Å². The lowest BCUT2D eigenvalue weighted by Gasteiger charge is -2.14. The van der Waals surface area contributed by atoms with Gasteiger partial charge in [0.05, 0.1) is 12.6 Å². The zero-order valence-electron chi connectivity index (χ0n) is 10.3. The van der Waals surface area contributed by atoms with Gasteiger partial charge in [0.25, 0.3) is 0 Å². The first-order chi connectivity index (χ1) is 9.25. The SMILES string of the molecule is Nc1nc2c3c(n1)n(C1CCOC1)c(=O)n3CCN2. The molecule has 2 aromatic rings. The third-order valence-electron chi connectivity index (χ3n) is 3.72. The second-order valence-electron chi connectivity index (χ2n) is 4.85. The van der Waals surface area contributed by atoms with E-state index in [0.29, 0.717) is 37.8 Å². The zero-order valence-corrected chi connectivity index (χ0v) is 10.3. The standard InChI is InChI=1S/C11H14N6O2/c12-10-14-8-7-9(15-10)17(6-1-4-19-5-6)11(18)16(7)3-2-13-8/h6H,1-5H2,(H3,12,13,14,15). The molecular formula is C11H14N6O2. The van der Waals surface area contributed by atoms with E-state index >= 15 is 0 Å². The summed E-state index contributed by atoms with van der Waals surface area (Å²) >= 11 is 0. The molecule has 0 saturated carbocycles. The van der Waals surface area contributed by atoms with Gasteiger partial charge in [-0.3, -0.25) is 9.13 Å². The van der Waals surface area contributed by atoms with Crippen LogP contribution >= 0.6 is 0 Å². The lowest BCUT2D eigenvalue weighted by atomic mass is 10.2. The molecule has 19 heavy (non-hydrogen) atoms. The number of imidazole rings is 1. The molecule has 4 rings (SSSR count). The van der Waals surface area contributed by atoms with Crippen LogP contribution in [0.3, 0.4) is 0 Å². The Bertz CT molecular complexity index is 712. The molecule has 3 N–H and O–H groups in total. The summed E-state index contributed by atoms with van der Waals surface area (Å²) in [5, 5.41) is 3.16. The van der Waals surface area contributed by atoms with E-state index in [9.17, 15) is 4.79 Å². The van der Waals surface area contributed by atoms with Crippen LogP contribution in [0, 0.1) is 0 Å². The number of nitrogens with one attached hydrogen (secondary N) is 1. The molecule has 0 aromatic carbocycles. The normalized spacial score (nSPS) is 21.8. The summed E-state index contributed by atoms with van der Waals surface area (Å²) in [7, 11) is 0. The molecule has 1 saturated heterocycles. The molecule has 0 spiro atoms. The minimum absolute atomic E-state index is 0.0384. The van der Waals surface area contributed by atoms with Crippen LogP contribution < -0.4 is 16.7 Å². The van der Waals surface area contributed by atoms with Crippen LogP contribution in [0.1, 0.15) is 12.5 Å². The van der Waals surface area contributed by atoms with Gasteiger partial charge in [-0.05, 0) is 6.42 Å². The Kier molecular flexibility index (Phi) is 2.10. The van der Waals surface area contributed by atoms with E-state index in [1.165, 1.54) is 0 Å². The Morgan fingerprint density at radius 2 is 2.32 bits per heavy atom. The Hall–Kier alpha value is -2.09. The van der Waals surface area contributed by atoms with E-state index in [-0.39, 0.29) is 17.7 Å². The van der Waals surface area contributed by atoms with Gasteiger partial charge in [-0.15, -0.1) is 0 Å². The first-order valence-corrected chi connectivity index (χ1v) is 6.35. The van der Waals surface area contributed by atoms with Crippen LogP contribution in [0.15, 0.2) is 4.79 Å². The number of nitrogens with two attached hydrogens (primary N) is 1. The summed E-state index contributed by atoms with van der Waals surface area (Å²) in [5.41, 5.74) is 7.04. The van der Waals surface area contributed by atoms with Crippen molar-refractivity contribution in [3.05, 3.63) is 10.5 Å². The first-order valence-electron chi connectivity index (χ1n) is 6.35. The van der Waals surface area contributed by atoms with Crippen LogP contribution in [0.4, 0.5) is 11.8 Å². The number of rotatable bonds is 1. The Morgan fingerprint density at radius 1 is 1.42 bits per heavy atom. The van der Waals surface area contributed by atoms with E-state index in [4.69, 9.17) is 10.5 Å². The zero-order chi connectivity index (χ0) is 13.0. The average molecular weight is 262 g/mol. The highest BCUT2D eigenvalue weighted by molar-refractivity contribution is 5.85. The maximum absolute atomic E-state index is 12.5. The summed E-state index contributed by atoms with van der Waals surface area (Å²) in [5.74, 6) is 0.824. The number of hydrogen-bond donors (Lipinski definition) is 2.